The van der Waals surface area contributed by atoms with Crippen LogP contribution in [0.4, 0.5) is 5.69 Å². The summed E-state index contributed by atoms with van der Waals surface area (Å²) in [4.78, 5) is 5.53. The van der Waals surface area contributed by atoms with Gasteiger partial charge in [0.2, 0.25) is 0 Å². The summed E-state index contributed by atoms with van der Waals surface area (Å²) in [7, 11) is 3.38. The summed E-state index contributed by atoms with van der Waals surface area (Å²) in [5, 5.41) is 2.68. The molecule has 2 heterocycles. The molecule has 8 rings (SSSR count). The third-order valence-electron chi connectivity index (χ3n) is 9.78. The number of piperazine rings is 1. The van der Waals surface area contributed by atoms with Crippen molar-refractivity contribution in [2.45, 2.75) is 44.7 Å². The van der Waals surface area contributed by atoms with E-state index >= 15 is 0 Å². The summed E-state index contributed by atoms with van der Waals surface area (Å²) in [6.45, 7) is 5.53. The average molecular weight is 486 g/mol. The van der Waals surface area contributed by atoms with Gasteiger partial charge in [-0.3, -0.25) is 4.90 Å². The van der Waals surface area contributed by atoms with Gasteiger partial charge in [-0.25, -0.2) is 0 Å². The predicted octanol–water partition coefficient (Wildman–Crippen LogP) is 5.65. The molecule has 1 saturated heterocycles. The van der Waals surface area contributed by atoms with Gasteiger partial charge in [0.25, 0.3) is 0 Å². The smallest absolute Gasteiger partial charge is 0.161 e. The fourth-order valence-corrected chi connectivity index (χ4v) is 8.52. The van der Waals surface area contributed by atoms with Crippen molar-refractivity contribution in [2.75, 3.05) is 45.3 Å². The molecule has 0 spiro atoms. The van der Waals surface area contributed by atoms with Gasteiger partial charge >= 0.3 is 0 Å². The van der Waals surface area contributed by atoms with Gasteiger partial charge in [0, 0.05) is 67.6 Å². The molecule has 36 heavy (non-hydrogen) atoms. The Bertz CT molecular complexity index is 1210. The lowest BCUT2D eigenvalue weighted by atomic mass is 9.54. The molecule has 4 bridgehead atoms. The summed E-state index contributed by atoms with van der Waals surface area (Å²) in [6.07, 6.45) is 12.2. The van der Waals surface area contributed by atoms with E-state index in [9.17, 15) is 0 Å². The fraction of sp³-hybridized carbons (Fsp3) is 0.548. The summed E-state index contributed by atoms with van der Waals surface area (Å²) >= 11 is 0. The standard InChI is InChI=1S/C31H39N3O2/c1-35-29-7-6-21(17-30(29)36-2)18-32-19-24-4-3-5-28(27(24)20-32)33-8-10-34(11-9-33)31-25-13-22-12-23(15-25)16-26(31)14-22/h3-7,17,19-20,22-23,25-26,31H,8-16,18H2,1-2H3. The lowest BCUT2D eigenvalue weighted by Gasteiger charge is -2.58. The van der Waals surface area contributed by atoms with Crippen LogP contribution in [0, 0.1) is 23.7 Å². The topological polar surface area (TPSA) is 29.9 Å². The molecule has 0 radical (unpaired) electrons. The molecular formula is C31H39N3O2. The van der Waals surface area contributed by atoms with Crippen molar-refractivity contribution < 1.29 is 9.47 Å². The highest BCUT2D eigenvalue weighted by molar-refractivity contribution is 5.94. The second-order valence-corrected chi connectivity index (χ2v) is 11.8. The maximum Gasteiger partial charge on any atom is 0.161 e. The van der Waals surface area contributed by atoms with E-state index < -0.39 is 0 Å². The number of fused-ring (bicyclic) bond motifs is 1. The highest BCUT2D eigenvalue weighted by Crippen LogP contribution is 2.55. The minimum absolute atomic E-state index is 0.772. The van der Waals surface area contributed by atoms with Crippen molar-refractivity contribution >= 4 is 16.5 Å². The molecule has 1 aromatic heterocycles. The highest BCUT2D eigenvalue weighted by Gasteiger charge is 2.50. The monoisotopic (exact) mass is 485 g/mol. The first-order valence-electron chi connectivity index (χ1n) is 14.0. The number of nitrogens with zero attached hydrogens (tertiary/aromatic N) is 3. The molecule has 4 saturated carbocycles. The van der Waals surface area contributed by atoms with E-state index in [1.807, 2.05) is 6.07 Å². The van der Waals surface area contributed by atoms with Crippen LogP contribution in [0.25, 0.3) is 10.8 Å². The highest BCUT2D eigenvalue weighted by atomic mass is 16.5. The summed E-state index contributed by atoms with van der Waals surface area (Å²) in [5.74, 6) is 5.65. The molecule has 5 fully saturated rings. The quantitative estimate of drug-likeness (QED) is 0.451. The molecular weight excluding hydrogens is 446 g/mol. The number of anilines is 1. The van der Waals surface area contributed by atoms with Gasteiger partial charge in [0.15, 0.2) is 11.5 Å². The van der Waals surface area contributed by atoms with Gasteiger partial charge in [-0.2, -0.15) is 0 Å². The van der Waals surface area contributed by atoms with Crippen molar-refractivity contribution in [3.8, 4) is 11.5 Å². The molecule has 3 aromatic rings. The van der Waals surface area contributed by atoms with Crippen LogP contribution in [0.15, 0.2) is 48.8 Å². The number of aromatic nitrogens is 1. The van der Waals surface area contributed by atoms with Crippen LogP contribution >= 0.6 is 0 Å². The zero-order chi connectivity index (χ0) is 24.2. The van der Waals surface area contributed by atoms with Crippen molar-refractivity contribution in [1.29, 1.82) is 0 Å². The summed E-state index contributed by atoms with van der Waals surface area (Å²) in [6, 6.07) is 13.9. The first-order chi connectivity index (χ1) is 17.7. The van der Waals surface area contributed by atoms with Crippen LogP contribution in [0.2, 0.25) is 0 Å². The minimum atomic E-state index is 0.772. The molecule has 1 aliphatic heterocycles. The summed E-state index contributed by atoms with van der Waals surface area (Å²) in [5.41, 5.74) is 2.60. The van der Waals surface area contributed by atoms with E-state index in [0.717, 1.165) is 60.8 Å². The number of methoxy groups -OCH3 is 2. The van der Waals surface area contributed by atoms with E-state index in [0.29, 0.717) is 0 Å². The number of hydrogen-bond acceptors (Lipinski definition) is 4. The number of benzene rings is 2. The Morgan fingerprint density at radius 2 is 1.50 bits per heavy atom. The van der Waals surface area contributed by atoms with Gasteiger partial charge in [0.1, 0.15) is 0 Å². The first-order valence-corrected chi connectivity index (χ1v) is 14.0. The zero-order valence-electron chi connectivity index (χ0n) is 21.7. The van der Waals surface area contributed by atoms with Crippen LogP contribution in [-0.2, 0) is 6.54 Å². The molecule has 190 valence electrons. The SMILES string of the molecule is COc1ccc(Cn2cc3cccc(N4CCN(C5C6CC7CC(C6)CC5C7)CC4)c3c2)cc1OC. The van der Waals surface area contributed by atoms with Crippen LogP contribution in [0.1, 0.15) is 37.7 Å². The van der Waals surface area contributed by atoms with E-state index in [4.69, 9.17) is 9.47 Å². The Balaban J connectivity index is 1.07. The lowest BCUT2D eigenvalue weighted by molar-refractivity contribution is -0.0665. The first kappa shape index (κ1) is 22.5. The van der Waals surface area contributed by atoms with E-state index in [1.54, 1.807) is 20.6 Å². The van der Waals surface area contributed by atoms with Crippen molar-refractivity contribution in [3.63, 3.8) is 0 Å². The van der Waals surface area contributed by atoms with Crippen LogP contribution in [0.3, 0.4) is 0 Å². The van der Waals surface area contributed by atoms with E-state index in [1.165, 1.54) is 60.8 Å². The molecule has 0 amide bonds. The normalized spacial score (nSPS) is 29.7. The van der Waals surface area contributed by atoms with Gasteiger partial charge < -0.3 is 18.9 Å². The summed E-state index contributed by atoms with van der Waals surface area (Å²) < 4.78 is 13.2. The maximum atomic E-state index is 5.51. The van der Waals surface area contributed by atoms with Crippen LogP contribution < -0.4 is 14.4 Å². The number of hydrogen-bond donors (Lipinski definition) is 0. The Morgan fingerprint density at radius 3 is 2.19 bits per heavy atom. The van der Waals surface area contributed by atoms with Crippen molar-refractivity contribution in [1.82, 2.24) is 9.47 Å². The van der Waals surface area contributed by atoms with Crippen molar-refractivity contribution in [3.05, 3.63) is 54.4 Å². The molecule has 5 nitrogen and oxygen atoms in total. The predicted molar refractivity (Wildman–Crippen MR) is 145 cm³/mol. The molecule has 5 aliphatic rings. The lowest BCUT2D eigenvalue weighted by Crippen LogP contribution is -2.60. The third kappa shape index (κ3) is 3.87. The number of ether oxygens (including phenoxy) is 2. The molecule has 5 heteroatoms. The average Bonchev–Trinajstić information content (AvgIpc) is 3.31. The van der Waals surface area contributed by atoms with Gasteiger partial charge in [-0.05, 0) is 79.5 Å². The second-order valence-electron chi connectivity index (χ2n) is 11.8. The van der Waals surface area contributed by atoms with Gasteiger partial charge in [-0.1, -0.05) is 18.2 Å². The van der Waals surface area contributed by atoms with E-state index in [2.05, 4.69) is 57.1 Å². The molecule has 2 aromatic carbocycles. The largest absolute Gasteiger partial charge is 0.493 e. The van der Waals surface area contributed by atoms with E-state index in [-0.39, 0.29) is 0 Å². The maximum absolute atomic E-state index is 5.51. The Kier molecular flexibility index (Phi) is 5.65. The minimum Gasteiger partial charge on any atom is -0.493 e. The van der Waals surface area contributed by atoms with Gasteiger partial charge in [0.05, 0.1) is 14.2 Å². The van der Waals surface area contributed by atoms with Crippen LogP contribution in [0.5, 0.6) is 11.5 Å². The Morgan fingerprint density at radius 1 is 0.778 bits per heavy atom. The van der Waals surface area contributed by atoms with Crippen LogP contribution in [-0.4, -0.2) is 55.9 Å². The van der Waals surface area contributed by atoms with Gasteiger partial charge in [-0.15, -0.1) is 0 Å². The van der Waals surface area contributed by atoms with Crippen molar-refractivity contribution in [2.24, 2.45) is 23.7 Å². The zero-order valence-corrected chi connectivity index (χ0v) is 21.7. The second kappa shape index (κ2) is 9.02. The Labute approximate surface area is 215 Å². The number of rotatable bonds is 6. The molecule has 0 atom stereocenters. The fourth-order valence-electron chi connectivity index (χ4n) is 8.52. The Hall–Kier alpha value is -2.66. The molecule has 0 unspecified atom stereocenters. The molecule has 4 aliphatic carbocycles. The third-order valence-corrected chi connectivity index (χ3v) is 9.78. The molecule has 0 N–H and O–H groups in total.